The molecule has 0 bridgehead atoms. The minimum Gasteiger partial charge on any atom is -0.395 e. The van der Waals surface area contributed by atoms with Crippen LogP contribution in [0, 0.1) is 0 Å². The van der Waals surface area contributed by atoms with E-state index < -0.39 is 0 Å². The Morgan fingerprint density at radius 2 is 2.05 bits per heavy atom. The molecule has 0 radical (unpaired) electrons. The molecule has 110 valence electrons. The van der Waals surface area contributed by atoms with Crippen molar-refractivity contribution in [3.63, 3.8) is 0 Å². The monoisotopic (exact) mass is 269 g/mol. The van der Waals surface area contributed by atoms with Gasteiger partial charge in [0.25, 0.3) is 0 Å². The van der Waals surface area contributed by atoms with Gasteiger partial charge in [-0.2, -0.15) is 0 Å². The van der Waals surface area contributed by atoms with Gasteiger partial charge in [0.05, 0.1) is 6.61 Å². The first kappa shape index (κ1) is 14.8. The van der Waals surface area contributed by atoms with Crippen molar-refractivity contribution in [3.05, 3.63) is 0 Å². The zero-order valence-electron chi connectivity index (χ0n) is 12.0. The smallest absolute Gasteiger partial charge is 0.224 e. The van der Waals surface area contributed by atoms with Crippen molar-refractivity contribution in [2.24, 2.45) is 5.73 Å². The second-order valence-corrected chi connectivity index (χ2v) is 6.24. The molecular weight excluding hydrogens is 242 g/mol. The van der Waals surface area contributed by atoms with Crippen molar-refractivity contribution < 1.29 is 9.90 Å². The first-order valence-electron chi connectivity index (χ1n) is 7.42. The van der Waals surface area contributed by atoms with Gasteiger partial charge in [-0.3, -0.25) is 4.79 Å². The average Bonchev–Trinajstić information content (AvgIpc) is 2.35. The highest BCUT2D eigenvalue weighted by atomic mass is 16.3. The summed E-state index contributed by atoms with van der Waals surface area (Å²) in [5, 5.41) is 9.20. The quantitative estimate of drug-likeness (QED) is 0.746. The van der Waals surface area contributed by atoms with Crippen LogP contribution in [0.2, 0.25) is 0 Å². The van der Waals surface area contributed by atoms with Gasteiger partial charge in [-0.1, -0.05) is 0 Å². The van der Waals surface area contributed by atoms with Gasteiger partial charge in [-0.05, 0) is 52.2 Å². The molecule has 0 unspecified atom stereocenters. The van der Waals surface area contributed by atoms with E-state index in [0.717, 1.165) is 45.2 Å². The number of nitrogens with zero attached hydrogens (tertiary/aromatic N) is 2. The maximum atomic E-state index is 12.4. The highest BCUT2D eigenvalue weighted by Crippen LogP contribution is 2.33. The van der Waals surface area contributed by atoms with Crippen molar-refractivity contribution in [2.75, 3.05) is 33.3 Å². The number of aliphatic hydroxyl groups excluding tert-OH is 1. The van der Waals surface area contributed by atoms with E-state index in [1.165, 1.54) is 0 Å². The number of rotatable bonds is 5. The summed E-state index contributed by atoms with van der Waals surface area (Å²) in [6.07, 6.45) is 5.50. The molecule has 1 saturated carbocycles. The molecule has 1 saturated heterocycles. The van der Waals surface area contributed by atoms with Gasteiger partial charge < -0.3 is 20.6 Å². The Bertz CT molecular complexity index is 310. The molecule has 5 nitrogen and oxygen atoms in total. The molecule has 3 N–H and O–H groups in total. The fourth-order valence-corrected chi connectivity index (χ4v) is 3.14. The zero-order chi connectivity index (χ0) is 13.9. The molecule has 1 aliphatic heterocycles. The molecule has 0 aromatic rings. The molecule has 0 aromatic carbocycles. The van der Waals surface area contributed by atoms with E-state index in [1.54, 1.807) is 0 Å². The lowest BCUT2D eigenvalue weighted by Gasteiger charge is -2.42. The lowest BCUT2D eigenvalue weighted by Crippen LogP contribution is -2.54. The summed E-state index contributed by atoms with van der Waals surface area (Å²) in [7, 11) is 2.11. The van der Waals surface area contributed by atoms with E-state index in [9.17, 15) is 9.90 Å². The zero-order valence-corrected chi connectivity index (χ0v) is 12.0. The van der Waals surface area contributed by atoms with Crippen LogP contribution >= 0.6 is 0 Å². The highest BCUT2D eigenvalue weighted by molar-refractivity contribution is 5.78. The van der Waals surface area contributed by atoms with Gasteiger partial charge in [0, 0.05) is 24.5 Å². The van der Waals surface area contributed by atoms with E-state index in [4.69, 9.17) is 5.73 Å². The van der Waals surface area contributed by atoms with E-state index in [2.05, 4.69) is 11.9 Å². The Labute approximate surface area is 115 Å². The third-order valence-corrected chi connectivity index (χ3v) is 4.64. The van der Waals surface area contributed by atoms with Gasteiger partial charge in [0.1, 0.15) is 0 Å². The summed E-state index contributed by atoms with van der Waals surface area (Å²) >= 11 is 0. The molecule has 0 spiro atoms. The molecule has 1 aliphatic carbocycles. The fraction of sp³-hybridized carbons (Fsp3) is 0.929. The second-order valence-electron chi connectivity index (χ2n) is 6.24. The maximum absolute atomic E-state index is 12.4. The number of likely N-dealkylation sites (tertiary alicyclic amines) is 1. The molecule has 19 heavy (non-hydrogen) atoms. The number of aliphatic hydroxyl groups is 1. The Hall–Kier alpha value is -0.650. The third-order valence-electron chi connectivity index (χ3n) is 4.64. The summed E-state index contributed by atoms with van der Waals surface area (Å²) < 4.78 is 0. The second kappa shape index (κ2) is 6.20. The van der Waals surface area contributed by atoms with Crippen LogP contribution in [0.3, 0.4) is 0 Å². The third kappa shape index (κ3) is 3.68. The van der Waals surface area contributed by atoms with Crippen molar-refractivity contribution in [3.8, 4) is 0 Å². The van der Waals surface area contributed by atoms with Crippen LogP contribution in [0.5, 0.6) is 0 Å². The summed E-state index contributed by atoms with van der Waals surface area (Å²) in [6, 6.07) is 0.277. The Kier molecular flexibility index (Phi) is 4.81. The van der Waals surface area contributed by atoms with Crippen molar-refractivity contribution in [1.29, 1.82) is 0 Å². The minimum atomic E-state index is -0.268. The highest BCUT2D eigenvalue weighted by Gasteiger charge is 2.37. The van der Waals surface area contributed by atoms with Gasteiger partial charge in [-0.15, -0.1) is 0 Å². The number of hydrogen-bond acceptors (Lipinski definition) is 4. The van der Waals surface area contributed by atoms with E-state index >= 15 is 0 Å². The van der Waals surface area contributed by atoms with E-state index in [1.807, 2.05) is 4.90 Å². The molecule has 1 heterocycles. The first-order chi connectivity index (χ1) is 9.04. The van der Waals surface area contributed by atoms with E-state index in [-0.39, 0.29) is 24.1 Å². The SMILES string of the molecule is CN1CCC(N(CCO)C(=O)CC2(N)CCC2)CC1. The standard InChI is InChI=1S/C14H27N3O2/c1-16-7-3-12(4-8-16)17(9-10-18)13(19)11-14(15)5-2-6-14/h12,18H,2-11,15H2,1H3. The number of nitrogens with two attached hydrogens (primary N) is 1. The lowest BCUT2D eigenvalue weighted by atomic mass is 9.75. The Morgan fingerprint density at radius 3 is 2.53 bits per heavy atom. The molecule has 0 aromatic heterocycles. The predicted octanol–water partition coefficient (Wildman–Crippen LogP) is 0.173. The first-order valence-corrected chi connectivity index (χ1v) is 7.42. The fourth-order valence-electron chi connectivity index (χ4n) is 3.14. The molecule has 2 rings (SSSR count). The van der Waals surface area contributed by atoms with E-state index in [0.29, 0.717) is 13.0 Å². The predicted molar refractivity (Wildman–Crippen MR) is 74.7 cm³/mol. The Balaban J connectivity index is 1.92. The normalized spacial score (nSPS) is 23.9. The number of amides is 1. The van der Waals surface area contributed by atoms with Gasteiger partial charge in [0.15, 0.2) is 0 Å². The number of hydrogen-bond donors (Lipinski definition) is 2. The summed E-state index contributed by atoms with van der Waals surface area (Å²) in [6.45, 7) is 2.53. The van der Waals surface area contributed by atoms with Crippen molar-refractivity contribution in [2.45, 2.75) is 50.1 Å². The van der Waals surface area contributed by atoms with Crippen LogP contribution in [0.15, 0.2) is 0 Å². The van der Waals surface area contributed by atoms with Crippen molar-refractivity contribution in [1.82, 2.24) is 9.80 Å². The molecule has 5 heteroatoms. The molecule has 1 amide bonds. The average molecular weight is 269 g/mol. The lowest BCUT2D eigenvalue weighted by molar-refractivity contribution is -0.137. The van der Waals surface area contributed by atoms with Crippen LogP contribution in [-0.2, 0) is 4.79 Å². The van der Waals surface area contributed by atoms with Gasteiger partial charge in [0.2, 0.25) is 5.91 Å². The number of carbonyl (C=O) groups excluding carboxylic acids is 1. The number of carbonyl (C=O) groups is 1. The number of piperidine rings is 1. The van der Waals surface area contributed by atoms with Gasteiger partial charge >= 0.3 is 0 Å². The molecule has 2 fully saturated rings. The van der Waals surface area contributed by atoms with Crippen molar-refractivity contribution >= 4 is 5.91 Å². The summed E-state index contributed by atoms with van der Waals surface area (Å²) in [5.41, 5.74) is 5.90. The molecule has 2 aliphatic rings. The Morgan fingerprint density at radius 1 is 1.42 bits per heavy atom. The van der Waals surface area contributed by atoms with Crippen LogP contribution in [0.1, 0.15) is 38.5 Å². The topological polar surface area (TPSA) is 69.8 Å². The summed E-state index contributed by atoms with van der Waals surface area (Å²) in [5.74, 6) is 0.130. The van der Waals surface area contributed by atoms with Crippen LogP contribution in [0.4, 0.5) is 0 Å². The molecule has 0 atom stereocenters. The maximum Gasteiger partial charge on any atom is 0.224 e. The molecular formula is C14H27N3O2. The van der Waals surface area contributed by atoms with Crippen LogP contribution in [0.25, 0.3) is 0 Å². The van der Waals surface area contributed by atoms with Crippen LogP contribution < -0.4 is 5.73 Å². The minimum absolute atomic E-state index is 0.0374. The summed E-state index contributed by atoms with van der Waals surface area (Å²) in [4.78, 5) is 16.6. The van der Waals surface area contributed by atoms with Gasteiger partial charge in [-0.25, -0.2) is 0 Å². The largest absolute Gasteiger partial charge is 0.395 e. The van der Waals surface area contributed by atoms with Crippen LogP contribution in [-0.4, -0.2) is 65.7 Å².